The van der Waals surface area contributed by atoms with E-state index in [4.69, 9.17) is 4.74 Å². The van der Waals surface area contributed by atoms with E-state index < -0.39 is 17.3 Å². The number of aromatic amines is 1. The smallest absolute Gasteiger partial charge is 0.416 e. The molecule has 1 heterocycles. The molecule has 0 amide bonds. The number of para-hydroxylation sites is 1. The van der Waals surface area contributed by atoms with Crippen molar-refractivity contribution in [2.24, 2.45) is 0 Å². The number of benzene rings is 2. The Kier molecular flexibility index (Phi) is 4.48. The number of alkyl halides is 3. The van der Waals surface area contributed by atoms with Gasteiger partial charge in [0.2, 0.25) is 0 Å². The third-order valence-electron chi connectivity index (χ3n) is 3.64. The Morgan fingerprint density at radius 3 is 2.64 bits per heavy atom. The first-order valence-electron chi connectivity index (χ1n) is 7.73. The zero-order chi connectivity index (χ0) is 18.0. The molecule has 0 spiro atoms. The molecule has 0 bridgehead atoms. The Morgan fingerprint density at radius 1 is 1.16 bits per heavy atom. The molecule has 4 nitrogen and oxygen atoms in total. The monoisotopic (exact) mass is 348 g/mol. The molecule has 0 aliphatic heterocycles. The van der Waals surface area contributed by atoms with Crippen molar-refractivity contribution in [2.75, 3.05) is 6.61 Å². The minimum Gasteiger partial charge on any atom is -0.493 e. The first kappa shape index (κ1) is 17.0. The van der Waals surface area contributed by atoms with Crippen LogP contribution in [0.3, 0.4) is 0 Å². The average Bonchev–Trinajstić information content (AvgIpc) is 2.59. The zero-order valence-corrected chi connectivity index (χ0v) is 13.4. The summed E-state index contributed by atoms with van der Waals surface area (Å²) in [7, 11) is 0. The summed E-state index contributed by atoms with van der Waals surface area (Å²) < 4.78 is 44.7. The van der Waals surface area contributed by atoms with Crippen molar-refractivity contribution in [1.82, 2.24) is 9.97 Å². The molecule has 0 aliphatic carbocycles. The molecule has 1 N–H and O–H groups in total. The highest BCUT2D eigenvalue weighted by Gasteiger charge is 2.31. The number of rotatable bonds is 4. The lowest BCUT2D eigenvalue weighted by Crippen LogP contribution is -2.11. The lowest BCUT2D eigenvalue weighted by atomic mass is 10.1. The van der Waals surface area contributed by atoms with Crippen LogP contribution in [0.25, 0.3) is 22.3 Å². The van der Waals surface area contributed by atoms with Crippen molar-refractivity contribution in [1.29, 1.82) is 0 Å². The molecule has 0 aliphatic rings. The van der Waals surface area contributed by atoms with E-state index in [0.717, 1.165) is 12.1 Å². The van der Waals surface area contributed by atoms with Crippen molar-refractivity contribution >= 4 is 10.9 Å². The molecule has 2 aromatic carbocycles. The van der Waals surface area contributed by atoms with Crippen LogP contribution >= 0.6 is 0 Å². The van der Waals surface area contributed by atoms with Crippen LogP contribution in [0.5, 0.6) is 5.75 Å². The fourth-order valence-electron chi connectivity index (χ4n) is 2.44. The van der Waals surface area contributed by atoms with Gasteiger partial charge in [0, 0.05) is 0 Å². The quantitative estimate of drug-likeness (QED) is 0.760. The summed E-state index contributed by atoms with van der Waals surface area (Å²) in [5, 5.41) is 0.370. The minimum absolute atomic E-state index is 0.0425. The number of aromatic nitrogens is 2. The second kappa shape index (κ2) is 6.58. The van der Waals surface area contributed by atoms with E-state index in [1.165, 1.54) is 6.07 Å². The van der Waals surface area contributed by atoms with E-state index in [0.29, 0.717) is 23.9 Å². The van der Waals surface area contributed by atoms with Crippen molar-refractivity contribution < 1.29 is 17.9 Å². The molecule has 0 saturated heterocycles. The maximum Gasteiger partial charge on any atom is 0.416 e. The lowest BCUT2D eigenvalue weighted by molar-refractivity contribution is -0.137. The van der Waals surface area contributed by atoms with Crippen LogP contribution in [0, 0.1) is 0 Å². The molecule has 3 rings (SSSR count). The average molecular weight is 348 g/mol. The number of H-pyrrole nitrogens is 1. The Morgan fingerprint density at radius 2 is 1.92 bits per heavy atom. The molecule has 25 heavy (non-hydrogen) atoms. The molecular weight excluding hydrogens is 333 g/mol. The summed E-state index contributed by atoms with van der Waals surface area (Å²) in [6.45, 7) is 2.23. The fraction of sp³-hybridized carbons (Fsp3) is 0.222. The van der Waals surface area contributed by atoms with Crippen LogP contribution in [-0.2, 0) is 6.18 Å². The van der Waals surface area contributed by atoms with E-state index >= 15 is 0 Å². The molecule has 0 unspecified atom stereocenters. The van der Waals surface area contributed by atoms with Crippen LogP contribution in [0.15, 0.2) is 47.3 Å². The number of hydrogen-bond donors (Lipinski definition) is 1. The van der Waals surface area contributed by atoms with Crippen molar-refractivity contribution in [2.45, 2.75) is 19.5 Å². The fourth-order valence-corrected chi connectivity index (χ4v) is 2.44. The number of fused-ring (bicyclic) bond motifs is 1. The van der Waals surface area contributed by atoms with E-state index in [1.54, 1.807) is 24.3 Å². The maximum atomic E-state index is 13.1. The van der Waals surface area contributed by atoms with Crippen LogP contribution in [0.4, 0.5) is 13.2 Å². The second-order valence-electron chi connectivity index (χ2n) is 5.49. The van der Waals surface area contributed by atoms with Gasteiger partial charge in [0.15, 0.2) is 0 Å². The van der Waals surface area contributed by atoms with Gasteiger partial charge in [0.1, 0.15) is 11.6 Å². The topological polar surface area (TPSA) is 55.0 Å². The van der Waals surface area contributed by atoms with Gasteiger partial charge in [0.25, 0.3) is 5.56 Å². The molecule has 0 radical (unpaired) electrons. The largest absolute Gasteiger partial charge is 0.493 e. The summed E-state index contributed by atoms with van der Waals surface area (Å²) >= 11 is 0. The Labute approximate surface area is 141 Å². The molecule has 7 heteroatoms. The van der Waals surface area contributed by atoms with E-state index in [2.05, 4.69) is 9.97 Å². The van der Waals surface area contributed by atoms with Crippen LogP contribution < -0.4 is 10.3 Å². The van der Waals surface area contributed by atoms with Crippen LogP contribution in [0.2, 0.25) is 0 Å². The van der Waals surface area contributed by atoms with Crippen molar-refractivity contribution in [3.05, 3.63) is 58.4 Å². The first-order valence-corrected chi connectivity index (χ1v) is 7.73. The normalized spacial score (nSPS) is 11.7. The summed E-state index contributed by atoms with van der Waals surface area (Å²) in [4.78, 5) is 19.1. The van der Waals surface area contributed by atoms with Gasteiger partial charge >= 0.3 is 6.18 Å². The predicted octanol–water partition coefficient (Wildman–Crippen LogP) is 4.40. The van der Waals surface area contributed by atoms with E-state index in [1.807, 2.05) is 6.92 Å². The summed E-state index contributed by atoms with van der Waals surface area (Å²) in [5.41, 5.74) is -0.743. The van der Waals surface area contributed by atoms with Gasteiger partial charge in [-0.2, -0.15) is 13.2 Å². The summed E-state index contributed by atoms with van der Waals surface area (Å²) in [6, 6.07) is 9.78. The van der Waals surface area contributed by atoms with Crippen molar-refractivity contribution in [3.63, 3.8) is 0 Å². The van der Waals surface area contributed by atoms with Crippen LogP contribution in [0.1, 0.15) is 18.9 Å². The number of nitrogens with one attached hydrogen (secondary N) is 1. The SMILES string of the molecule is CCCOc1ccc(C(F)(F)F)cc1-c1nc2ccccc2c(=O)[nH]1. The molecule has 1 aromatic heterocycles. The van der Waals surface area contributed by atoms with Gasteiger partial charge in [-0.1, -0.05) is 19.1 Å². The Hall–Kier alpha value is -2.83. The Balaban J connectivity index is 2.21. The molecule has 0 saturated carbocycles. The van der Waals surface area contributed by atoms with Gasteiger partial charge in [-0.05, 0) is 36.8 Å². The minimum atomic E-state index is -4.50. The van der Waals surface area contributed by atoms with Crippen molar-refractivity contribution in [3.8, 4) is 17.1 Å². The molecule has 3 aromatic rings. The Bertz CT molecular complexity index is 964. The number of hydrogen-bond acceptors (Lipinski definition) is 3. The highest BCUT2D eigenvalue weighted by molar-refractivity contribution is 5.80. The standard InChI is InChI=1S/C18H15F3N2O2/c1-2-9-25-15-8-7-11(18(19,20)21)10-13(15)16-22-14-6-4-3-5-12(14)17(24)23-16/h3-8,10H,2,9H2,1H3,(H,22,23,24). The zero-order valence-electron chi connectivity index (χ0n) is 13.4. The van der Waals surface area contributed by atoms with Gasteiger partial charge in [-0.25, -0.2) is 4.98 Å². The highest BCUT2D eigenvalue weighted by atomic mass is 19.4. The molecule has 130 valence electrons. The number of ether oxygens (including phenoxy) is 1. The third kappa shape index (κ3) is 3.50. The summed E-state index contributed by atoms with van der Waals surface area (Å²) in [6.07, 6.45) is -3.81. The van der Waals surface area contributed by atoms with Gasteiger partial charge in [-0.3, -0.25) is 4.79 Å². The summed E-state index contributed by atoms with van der Waals surface area (Å²) in [5.74, 6) is 0.286. The predicted molar refractivity (Wildman–Crippen MR) is 88.6 cm³/mol. The van der Waals surface area contributed by atoms with Gasteiger partial charge in [-0.15, -0.1) is 0 Å². The maximum absolute atomic E-state index is 13.1. The third-order valence-corrected chi connectivity index (χ3v) is 3.64. The first-order chi connectivity index (χ1) is 11.9. The molecule has 0 atom stereocenters. The number of halogens is 3. The van der Waals surface area contributed by atoms with E-state index in [9.17, 15) is 18.0 Å². The van der Waals surface area contributed by atoms with Gasteiger partial charge < -0.3 is 9.72 Å². The number of nitrogens with zero attached hydrogens (tertiary/aromatic N) is 1. The lowest BCUT2D eigenvalue weighted by Gasteiger charge is -2.14. The van der Waals surface area contributed by atoms with E-state index in [-0.39, 0.29) is 17.1 Å². The van der Waals surface area contributed by atoms with Crippen LogP contribution in [-0.4, -0.2) is 16.6 Å². The highest BCUT2D eigenvalue weighted by Crippen LogP contribution is 2.36. The second-order valence-corrected chi connectivity index (χ2v) is 5.49. The van der Waals surface area contributed by atoms with Gasteiger partial charge in [0.05, 0.1) is 28.6 Å². The molecular formula is C18H15F3N2O2. The molecule has 0 fully saturated rings.